The fourth-order valence-electron chi connectivity index (χ4n) is 9.45. The molecule has 0 heterocycles. The number of hydrogen-bond acceptors (Lipinski definition) is 2. The summed E-state index contributed by atoms with van der Waals surface area (Å²) < 4.78 is 0. The highest BCUT2D eigenvalue weighted by molar-refractivity contribution is 5.76. The highest BCUT2D eigenvalue weighted by atomic mass is 16.4. The van der Waals surface area contributed by atoms with Crippen molar-refractivity contribution in [3.63, 3.8) is 0 Å². The summed E-state index contributed by atoms with van der Waals surface area (Å²) in [6, 6.07) is 0. The van der Waals surface area contributed by atoms with Crippen LogP contribution in [0.15, 0.2) is 0 Å². The van der Waals surface area contributed by atoms with E-state index in [1.54, 1.807) is 6.92 Å². The highest BCUT2D eigenvalue weighted by Crippen LogP contribution is 2.68. The molecule has 0 spiro atoms. The van der Waals surface area contributed by atoms with Crippen LogP contribution in [0.3, 0.4) is 0 Å². The summed E-state index contributed by atoms with van der Waals surface area (Å²) in [5.41, 5.74) is -0.0992. The van der Waals surface area contributed by atoms with Crippen molar-refractivity contribution in [2.75, 3.05) is 0 Å². The minimum atomic E-state index is -0.724. The zero-order valence-corrected chi connectivity index (χ0v) is 20.8. The van der Waals surface area contributed by atoms with E-state index in [0.29, 0.717) is 23.2 Å². The van der Waals surface area contributed by atoms with Crippen LogP contribution in [0.5, 0.6) is 0 Å². The predicted molar refractivity (Wildman–Crippen MR) is 126 cm³/mol. The van der Waals surface area contributed by atoms with Gasteiger partial charge in [0.15, 0.2) is 0 Å². The van der Waals surface area contributed by atoms with E-state index in [-0.39, 0.29) is 17.8 Å². The lowest BCUT2D eigenvalue weighted by atomic mass is 9.44. The van der Waals surface area contributed by atoms with E-state index in [0.717, 1.165) is 50.4 Å². The average Bonchev–Trinajstić information content (AvgIpc) is 3.17. The third kappa shape index (κ3) is 3.72. The molecule has 0 aromatic carbocycles. The lowest BCUT2D eigenvalue weighted by Crippen LogP contribution is -2.56. The summed E-state index contributed by atoms with van der Waals surface area (Å²) in [7, 11) is 0. The molecule has 0 amide bonds. The van der Waals surface area contributed by atoms with Gasteiger partial charge in [-0.2, -0.15) is 0 Å². The van der Waals surface area contributed by atoms with Gasteiger partial charge in [0.2, 0.25) is 0 Å². The maximum absolute atomic E-state index is 13.0. The van der Waals surface area contributed by atoms with Crippen molar-refractivity contribution in [1.82, 2.24) is 0 Å². The number of carboxylic acids is 2. The Morgan fingerprint density at radius 1 is 0.875 bits per heavy atom. The van der Waals surface area contributed by atoms with Crippen LogP contribution < -0.4 is 0 Å². The first-order valence-corrected chi connectivity index (χ1v) is 13.6. The molecular weight excluding hydrogens is 400 g/mol. The van der Waals surface area contributed by atoms with Gasteiger partial charge in [-0.1, -0.05) is 47.0 Å². The lowest BCUT2D eigenvalue weighted by Gasteiger charge is -2.60. The number of aliphatic carboxylic acids is 2. The number of carboxylic acid groups (broad SMARTS) is 2. The van der Waals surface area contributed by atoms with Crippen LogP contribution in [0.4, 0.5) is 0 Å². The molecule has 0 aromatic rings. The van der Waals surface area contributed by atoms with Crippen molar-refractivity contribution < 1.29 is 19.8 Å². The van der Waals surface area contributed by atoms with E-state index in [2.05, 4.69) is 13.8 Å². The van der Waals surface area contributed by atoms with Crippen LogP contribution in [-0.4, -0.2) is 22.2 Å². The zero-order chi connectivity index (χ0) is 23.3. The third-order valence-electron chi connectivity index (χ3n) is 11.6. The van der Waals surface area contributed by atoms with Gasteiger partial charge in [0.25, 0.3) is 0 Å². The van der Waals surface area contributed by atoms with E-state index >= 15 is 0 Å². The molecular formula is C28H46O4. The molecule has 4 saturated carbocycles. The first kappa shape index (κ1) is 24.1. The SMILES string of the molecule is CC(C(=O)O)[C@@H](C)CC[C@@H](C)[C@H]1CC[C@H]2[C@@H]3CCC4CCCC[C@]4(C)[C@H]3CC[C@]12C(=O)O. The van der Waals surface area contributed by atoms with Gasteiger partial charge in [-0.15, -0.1) is 0 Å². The molecule has 4 nitrogen and oxygen atoms in total. The fraction of sp³-hybridized carbons (Fsp3) is 0.929. The van der Waals surface area contributed by atoms with Crippen LogP contribution in [0.1, 0.15) is 105 Å². The van der Waals surface area contributed by atoms with Crippen LogP contribution in [-0.2, 0) is 9.59 Å². The second-order valence-corrected chi connectivity index (χ2v) is 12.6. The molecule has 4 aliphatic rings. The number of fused-ring (bicyclic) bond motifs is 5. The van der Waals surface area contributed by atoms with Crippen LogP contribution in [0.25, 0.3) is 0 Å². The van der Waals surface area contributed by atoms with Gasteiger partial charge in [-0.05, 0) is 105 Å². The first-order valence-electron chi connectivity index (χ1n) is 13.6. The molecule has 0 radical (unpaired) electrons. The standard InChI is InChI=1S/C28H46O4/c1-17(19(3)25(29)30)8-9-18(2)22-12-13-24-21-11-10-20-7-5-6-15-27(20,4)23(21)14-16-28(22,24)26(31)32/h17-24H,5-16H2,1-4H3,(H,29,30)(H,31,32)/t17-,18+,19?,20?,21+,22+,23-,24-,27-,28-/m0/s1. The van der Waals surface area contributed by atoms with E-state index in [9.17, 15) is 19.8 Å². The van der Waals surface area contributed by atoms with Crippen molar-refractivity contribution in [2.24, 2.45) is 58.2 Å². The number of rotatable bonds is 7. The quantitative estimate of drug-likeness (QED) is 0.447. The summed E-state index contributed by atoms with van der Waals surface area (Å²) in [6.45, 7) is 8.64. The Bertz CT molecular complexity index is 718. The number of carbonyl (C=O) groups is 2. The van der Waals surface area contributed by atoms with Gasteiger partial charge in [0.1, 0.15) is 0 Å². The molecule has 4 rings (SSSR count). The molecule has 182 valence electrons. The Hall–Kier alpha value is -1.06. The third-order valence-corrected chi connectivity index (χ3v) is 11.6. The molecule has 4 aliphatic carbocycles. The molecule has 0 saturated heterocycles. The summed E-state index contributed by atoms with van der Waals surface area (Å²) in [5, 5.41) is 20.0. The van der Waals surface area contributed by atoms with Gasteiger partial charge in [0.05, 0.1) is 11.3 Å². The van der Waals surface area contributed by atoms with Crippen LogP contribution >= 0.6 is 0 Å². The second-order valence-electron chi connectivity index (χ2n) is 12.6. The number of hydrogen-bond donors (Lipinski definition) is 2. The Labute approximate surface area is 194 Å². The summed E-state index contributed by atoms with van der Waals surface area (Å²) in [4.78, 5) is 24.3. The maximum atomic E-state index is 13.0. The van der Waals surface area contributed by atoms with Crippen molar-refractivity contribution >= 4 is 11.9 Å². The molecule has 2 unspecified atom stereocenters. The Morgan fingerprint density at radius 3 is 2.31 bits per heavy atom. The second kappa shape index (κ2) is 8.95. The summed E-state index contributed by atoms with van der Waals surface area (Å²) in [5.74, 6) is 1.67. The molecule has 4 fully saturated rings. The van der Waals surface area contributed by atoms with Gasteiger partial charge < -0.3 is 10.2 Å². The Morgan fingerprint density at radius 2 is 1.62 bits per heavy atom. The molecule has 0 aromatic heterocycles. The molecule has 32 heavy (non-hydrogen) atoms. The Balaban J connectivity index is 1.51. The lowest BCUT2D eigenvalue weighted by molar-refractivity contribution is -0.173. The van der Waals surface area contributed by atoms with Crippen molar-refractivity contribution in [2.45, 2.75) is 105 Å². The van der Waals surface area contributed by atoms with Crippen molar-refractivity contribution in [3.05, 3.63) is 0 Å². The molecule has 10 atom stereocenters. The minimum absolute atomic E-state index is 0.130. The zero-order valence-electron chi connectivity index (χ0n) is 20.8. The normalized spacial score (nSPS) is 43.9. The van der Waals surface area contributed by atoms with Crippen molar-refractivity contribution in [1.29, 1.82) is 0 Å². The van der Waals surface area contributed by atoms with Gasteiger partial charge in [0, 0.05) is 0 Å². The molecule has 0 aliphatic heterocycles. The van der Waals surface area contributed by atoms with Crippen LogP contribution in [0, 0.1) is 58.2 Å². The van der Waals surface area contributed by atoms with Crippen LogP contribution in [0.2, 0.25) is 0 Å². The predicted octanol–water partition coefficient (Wildman–Crippen LogP) is 6.87. The topological polar surface area (TPSA) is 74.6 Å². The average molecular weight is 447 g/mol. The molecule has 4 heteroatoms. The highest BCUT2D eigenvalue weighted by Gasteiger charge is 2.65. The Kier molecular flexibility index (Phi) is 6.73. The minimum Gasteiger partial charge on any atom is -0.481 e. The van der Waals surface area contributed by atoms with E-state index in [1.165, 1.54) is 38.5 Å². The van der Waals surface area contributed by atoms with E-state index in [1.807, 2.05) is 6.92 Å². The molecule has 2 N–H and O–H groups in total. The monoisotopic (exact) mass is 446 g/mol. The van der Waals surface area contributed by atoms with Gasteiger partial charge in [-0.25, -0.2) is 0 Å². The van der Waals surface area contributed by atoms with E-state index in [4.69, 9.17) is 0 Å². The maximum Gasteiger partial charge on any atom is 0.310 e. The smallest absolute Gasteiger partial charge is 0.310 e. The van der Waals surface area contributed by atoms with Gasteiger partial charge >= 0.3 is 11.9 Å². The summed E-state index contributed by atoms with van der Waals surface area (Å²) >= 11 is 0. The first-order chi connectivity index (χ1) is 15.1. The summed E-state index contributed by atoms with van der Waals surface area (Å²) in [6.07, 6.45) is 14.0. The fourth-order valence-corrected chi connectivity index (χ4v) is 9.45. The van der Waals surface area contributed by atoms with Crippen molar-refractivity contribution in [3.8, 4) is 0 Å². The molecule has 0 bridgehead atoms. The van der Waals surface area contributed by atoms with Gasteiger partial charge in [-0.3, -0.25) is 9.59 Å². The van der Waals surface area contributed by atoms with E-state index < -0.39 is 17.4 Å². The largest absolute Gasteiger partial charge is 0.481 e.